The van der Waals surface area contributed by atoms with Gasteiger partial charge in [-0.25, -0.2) is 0 Å². The third-order valence-corrected chi connectivity index (χ3v) is 3.75. The molecule has 2 heterocycles. The average molecular weight is 198 g/mol. The maximum Gasteiger partial charge on any atom is 0.308 e. The minimum absolute atomic E-state index is 0.0989. The van der Waals surface area contributed by atoms with E-state index >= 15 is 0 Å². The maximum atomic E-state index is 11.1. The Labute approximate surface area is 84.3 Å². The largest absolute Gasteiger partial charge is 0.481 e. The number of aliphatic carboxylic acids is 1. The highest BCUT2D eigenvalue weighted by molar-refractivity contribution is 5.72. The fourth-order valence-corrected chi connectivity index (χ4v) is 2.77. The van der Waals surface area contributed by atoms with Crippen LogP contribution in [0.1, 0.15) is 19.3 Å². The Hall–Kier alpha value is -0.610. The summed E-state index contributed by atoms with van der Waals surface area (Å²) < 4.78 is 0. The predicted octanol–water partition coefficient (Wildman–Crippen LogP) is 0.145. The average Bonchev–Trinajstić information content (AvgIpc) is 2.55. The SMILES string of the molecule is CN1CCC2(CC1)NCCC2C(=O)O. The molecule has 2 N–H and O–H groups in total. The van der Waals surface area contributed by atoms with Crippen LogP contribution in [0.15, 0.2) is 0 Å². The van der Waals surface area contributed by atoms with Crippen molar-refractivity contribution in [3.05, 3.63) is 0 Å². The van der Waals surface area contributed by atoms with Crippen molar-refractivity contribution < 1.29 is 9.90 Å². The zero-order chi connectivity index (χ0) is 10.2. The zero-order valence-corrected chi connectivity index (χ0v) is 8.62. The van der Waals surface area contributed by atoms with Crippen LogP contribution in [0.2, 0.25) is 0 Å². The molecule has 0 aromatic heterocycles. The molecule has 2 fully saturated rings. The van der Waals surface area contributed by atoms with Gasteiger partial charge in [0.15, 0.2) is 0 Å². The van der Waals surface area contributed by atoms with Gasteiger partial charge in [-0.05, 0) is 45.9 Å². The summed E-state index contributed by atoms with van der Waals surface area (Å²) >= 11 is 0. The van der Waals surface area contributed by atoms with Gasteiger partial charge in [-0.15, -0.1) is 0 Å². The number of hydrogen-bond donors (Lipinski definition) is 2. The molecule has 0 aromatic rings. The predicted molar refractivity (Wildman–Crippen MR) is 53.2 cm³/mol. The van der Waals surface area contributed by atoms with Gasteiger partial charge in [0.05, 0.1) is 5.92 Å². The van der Waals surface area contributed by atoms with Crippen molar-refractivity contribution in [2.75, 3.05) is 26.7 Å². The lowest BCUT2D eigenvalue weighted by atomic mass is 9.78. The normalized spacial score (nSPS) is 32.2. The molecule has 1 spiro atoms. The van der Waals surface area contributed by atoms with Gasteiger partial charge in [-0.1, -0.05) is 0 Å². The molecule has 0 saturated carbocycles. The van der Waals surface area contributed by atoms with Gasteiger partial charge >= 0.3 is 5.97 Å². The number of nitrogens with one attached hydrogen (secondary N) is 1. The second kappa shape index (κ2) is 3.51. The molecule has 0 radical (unpaired) electrons. The lowest BCUT2D eigenvalue weighted by Gasteiger charge is -2.40. The van der Waals surface area contributed by atoms with Crippen LogP contribution in [0.25, 0.3) is 0 Å². The zero-order valence-electron chi connectivity index (χ0n) is 8.62. The summed E-state index contributed by atoms with van der Waals surface area (Å²) in [6, 6.07) is 0. The van der Waals surface area contributed by atoms with Gasteiger partial charge in [0.2, 0.25) is 0 Å². The van der Waals surface area contributed by atoms with Crippen molar-refractivity contribution >= 4 is 5.97 Å². The van der Waals surface area contributed by atoms with E-state index in [1.165, 1.54) is 0 Å². The van der Waals surface area contributed by atoms with Crippen molar-refractivity contribution in [2.45, 2.75) is 24.8 Å². The molecule has 2 aliphatic rings. The highest BCUT2D eigenvalue weighted by atomic mass is 16.4. The van der Waals surface area contributed by atoms with Crippen LogP contribution in [-0.4, -0.2) is 48.2 Å². The topological polar surface area (TPSA) is 52.6 Å². The van der Waals surface area contributed by atoms with E-state index < -0.39 is 5.97 Å². The number of likely N-dealkylation sites (tertiary alicyclic amines) is 1. The van der Waals surface area contributed by atoms with Crippen LogP contribution in [-0.2, 0) is 4.79 Å². The Kier molecular flexibility index (Phi) is 2.49. The summed E-state index contributed by atoms with van der Waals surface area (Å²) in [5.74, 6) is -0.796. The summed E-state index contributed by atoms with van der Waals surface area (Å²) in [6.45, 7) is 2.88. The standard InChI is InChI=1S/C10H18N2O2/c1-12-6-3-10(4-7-12)8(9(13)14)2-5-11-10/h8,11H,2-7H2,1H3,(H,13,14). The summed E-state index contributed by atoms with van der Waals surface area (Å²) in [4.78, 5) is 13.4. The molecular formula is C10H18N2O2. The number of hydrogen-bond acceptors (Lipinski definition) is 3. The van der Waals surface area contributed by atoms with E-state index in [1.54, 1.807) is 0 Å². The smallest absolute Gasteiger partial charge is 0.308 e. The van der Waals surface area contributed by atoms with Crippen molar-refractivity contribution in [3.63, 3.8) is 0 Å². The van der Waals surface area contributed by atoms with Crippen LogP contribution < -0.4 is 5.32 Å². The summed E-state index contributed by atoms with van der Waals surface area (Å²) in [5, 5.41) is 12.6. The Morgan fingerprint density at radius 1 is 1.50 bits per heavy atom. The lowest BCUT2D eigenvalue weighted by molar-refractivity contribution is -0.144. The number of rotatable bonds is 1. The quantitative estimate of drug-likeness (QED) is 0.629. The first-order valence-electron chi connectivity index (χ1n) is 5.30. The third kappa shape index (κ3) is 1.53. The molecule has 4 nitrogen and oxygen atoms in total. The Morgan fingerprint density at radius 3 is 2.71 bits per heavy atom. The van der Waals surface area contributed by atoms with Crippen molar-refractivity contribution in [1.29, 1.82) is 0 Å². The van der Waals surface area contributed by atoms with E-state index in [1.807, 2.05) is 0 Å². The molecular weight excluding hydrogens is 180 g/mol. The number of carbonyl (C=O) groups is 1. The van der Waals surface area contributed by atoms with E-state index in [2.05, 4.69) is 17.3 Å². The van der Waals surface area contributed by atoms with Gasteiger partial charge in [0.25, 0.3) is 0 Å². The molecule has 2 rings (SSSR count). The third-order valence-electron chi connectivity index (χ3n) is 3.75. The van der Waals surface area contributed by atoms with Crippen LogP contribution >= 0.6 is 0 Å². The molecule has 80 valence electrons. The Morgan fingerprint density at radius 2 is 2.14 bits per heavy atom. The second-order valence-electron chi connectivity index (χ2n) is 4.57. The highest BCUT2D eigenvalue weighted by Crippen LogP contribution is 2.35. The van der Waals surface area contributed by atoms with E-state index in [0.717, 1.165) is 38.9 Å². The van der Waals surface area contributed by atoms with Crippen molar-refractivity contribution in [1.82, 2.24) is 10.2 Å². The van der Waals surface area contributed by atoms with E-state index in [4.69, 9.17) is 5.11 Å². The maximum absolute atomic E-state index is 11.1. The summed E-state index contributed by atoms with van der Waals surface area (Å²) in [6.07, 6.45) is 2.74. The van der Waals surface area contributed by atoms with E-state index in [9.17, 15) is 4.79 Å². The molecule has 14 heavy (non-hydrogen) atoms. The molecule has 1 unspecified atom stereocenters. The number of piperidine rings is 1. The van der Waals surface area contributed by atoms with Gasteiger partial charge in [0.1, 0.15) is 0 Å². The van der Waals surface area contributed by atoms with Gasteiger partial charge in [-0.3, -0.25) is 4.79 Å². The highest BCUT2D eigenvalue weighted by Gasteiger charge is 2.47. The molecule has 2 aliphatic heterocycles. The fraction of sp³-hybridized carbons (Fsp3) is 0.900. The lowest BCUT2D eigenvalue weighted by Crippen LogP contribution is -2.54. The first-order valence-corrected chi connectivity index (χ1v) is 5.30. The fourth-order valence-electron chi connectivity index (χ4n) is 2.77. The molecule has 2 saturated heterocycles. The van der Waals surface area contributed by atoms with Crippen LogP contribution in [0.5, 0.6) is 0 Å². The number of carboxylic acid groups (broad SMARTS) is 1. The Balaban J connectivity index is 2.10. The van der Waals surface area contributed by atoms with Gasteiger partial charge in [-0.2, -0.15) is 0 Å². The molecule has 4 heteroatoms. The minimum Gasteiger partial charge on any atom is -0.481 e. The van der Waals surface area contributed by atoms with Crippen molar-refractivity contribution in [3.8, 4) is 0 Å². The van der Waals surface area contributed by atoms with E-state index in [-0.39, 0.29) is 11.5 Å². The van der Waals surface area contributed by atoms with Gasteiger partial charge < -0.3 is 15.3 Å². The van der Waals surface area contributed by atoms with E-state index in [0.29, 0.717) is 0 Å². The molecule has 0 amide bonds. The molecule has 1 atom stereocenters. The van der Waals surface area contributed by atoms with Crippen molar-refractivity contribution in [2.24, 2.45) is 5.92 Å². The molecule has 0 bridgehead atoms. The number of nitrogens with zero attached hydrogens (tertiary/aromatic N) is 1. The first-order chi connectivity index (χ1) is 6.64. The van der Waals surface area contributed by atoms with Crippen LogP contribution in [0.4, 0.5) is 0 Å². The van der Waals surface area contributed by atoms with Gasteiger partial charge in [0, 0.05) is 5.54 Å². The first kappa shape index (κ1) is 9.93. The molecule has 0 aromatic carbocycles. The molecule has 0 aliphatic carbocycles. The van der Waals surface area contributed by atoms with Crippen LogP contribution in [0.3, 0.4) is 0 Å². The monoisotopic (exact) mass is 198 g/mol. The van der Waals surface area contributed by atoms with Crippen LogP contribution in [0, 0.1) is 5.92 Å². The number of carboxylic acids is 1. The second-order valence-corrected chi connectivity index (χ2v) is 4.57. The Bertz CT molecular complexity index is 234. The minimum atomic E-state index is -0.625. The summed E-state index contributed by atoms with van der Waals surface area (Å²) in [5.41, 5.74) is -0.0989. The summed E-state index contributed by atoms with van der Waals surface area (Å²) in [7, 11) is 2.09.